The second kappa shape index (κ2) is 4.77. The zero-order valence-electron chi connectivity index (χ0n) is 10.3. The van der Waals surface area contributed by atoms with E-state index in [9.17, 15) is 0 Å². The average Bonchev–Trinajstić information content (AvgIpc) is 2.44. The van der Waals surface area contributed by atoms with E-state index in [2.05, 4.69) is 23.6 Å². The van der Waals surface area contributed by atoms with Crippen LogP contribution >= 0.6 is 0 Å². The molecule has 1 aromatic heterocycles. The fourth-order valence-corrected chi connectivity index (χ4v) is 1.34. The van der Waals surface area contributed by atoms with Crippen LogP contribution in [0.4, 0.5) is 0 Å². The van der Waals surface area contributed by atoms with Crippen molar-refractivity contribution in [2.75, 3.05) is 0 Å². The van der Waals surface area contributed by atoms with E-state index in [0.29, 0.717) is 6.54 Å². The molecule has 1 heterocycles. The molecule has 15 heavy (non-hydrogen) atoms. The van der Waals surface area contributed by atoms with Gasteiger partial charge in [-0.25, -0.2) is 0 Å². The van der Waals surface area contributed by atoms with Crippen molar-refractivity contribution in [2.24, 2.45) is 0 Å². The predicted molar refractivity (Wildman–Crippen MR) is 60.3 cm³/mol. The van der Waals surface area contributed by atoms with Crippen molar-refractivity contribution < 1.29 is 4.84 Å². The summed E-state index contributed by atoms with van der Waals surface area (Å²) in [4.78, 5) is 5.45. The molecule has 0 atom stereocenters. The van der Waals surface area contributed by atoms with E-state index in [-0.39, 0.29) is 5.60 Å². The van der Waals surface area contributed by atoms with Gasteiger partial charge in [-0.15, -0.1) is 0 Å². The van der Waals surface area contributed by atoms with Crippen LogP contribution in [0.2, 0.25) is 0 Å². The number of hydroxylamine groups is 1. The zero-order chi connectivity index (χ0) is 11.5. The predicted octanol–water partition coefficient (Wildman–Crippen LogP) is 2.03. The van der Waals surface area contributed by atoms with Gasteiger partial charge in [-0.2, -0.15) is 10.6 Å². The summed E-state index contributed by atoms with van der Waals surface area (Å²) in [6.07, 6.45) is 0. The summed E-state index contributed by atoms with van der Waals surface area (Å²) in [5, 5.41) is 4.37. The zero-order valence-corrected chi connectivity index (χ0v) is 10.3. The third-order valence-electron chi connectivity index (χ3n) is 1.92. The molecule has 0 aliphatic rings. The van der Waals surface area contributed by atoms with Gasteiger partial charge in [0.15, 0.2) is 0 Å². The van der Waals surface area contributed by atoms with Crippen LogP contribution in [0.25, 0.3) is 0 Å². The van der Waals surface area contributed by atoms with E-state index in [0.717, 1.165) is 17.9 Å². The molecule has 0 fully saturated rings. The van der Waals surface area contributed by atoms with Gasteiger partial charge in [-0.3, -0.25) is 9.52 Å². The molecule has 4 nitrogen and oxygen atoms in total. The van der Waals surface area contributed by atoms with Gasteiger partial charge in [-0.1, -0.05) is 0 Å². The maximum atomic E-state index is 5.45. The number of nitrogens with one attached hydrogen (secondary N) is 1. The first-order chi connectivity index (χ1) is 6.92. The Balaban J connectivity index is 2.50. The van der Waals surface area contributed by atoms with Gasteiger partial charge in [0, 0.05) is 6.54 Å². The van der Waals surface area contributed by atoms with E-state index < -0.39 is 0 Å². The molecule has 0 amide bonds. The molecule has 0 aliphatic carbocycles. The monoisotopic (exact) mass is 211 g/mol. The highest BCUT2D eigenvalue weighted by Gasteiger charge is 2.11. The minimum absolute atomic E-state index is 0.161. The summed E-state index contributed by atoms with van der Waals surface area (Å²) in [6.45, 7) is 11.7. The molecule has 0 spiro atoms. The largest absolute Gasteiger partial charge is 0.296 e. The number of rotatable bonds is 4. The van der Waals surface area contributed by atoms with E-state index in [4.69, 9.17) is 4.84 Å². The molecule has 4 heteroatoms. The fraction of sp³-hybridized carbons (Fsp3) is 0.727. The topological polar surface area (TPSA) is 39.1 Å². The Morgan fingerprint density at radius 3 is 2.67 bits per heavy atom. The molecule has 0 unspecified atom stereocenters. The van der Waals surface area contributed by atoms with Crippen molar-refractivity contribution in [3.05, 3.63) is 17.5 Å². The molecule has 0 saturated heterocycles. The van der Waals surface area contributed by atoms with Gasteiger partial charge < -0.3 is 0 Å². The lowest BCUT2D eigenvalue weighted by Crippen LogP contribution is -2.29. The molecule has 1 N–H and O–H groups in total. The third kappa shape index (κ3) is 4.01. The van der Waals surface area contributed by atoms with Crippen LogP contribution in [-0.4, -0.2) is 15.4 Å². The molecule has 1 aromatic rings. The van der Waals surface area contributed by atoms with Crippen molar-refractivity contribution >= 4 is 0 Å². The molecule has 0 bridgehead atoms. The molecule has 0 aliphatic heterocycles. The summed E-state index contributed by atoms with van der Waals surface area (Å²) >= 11 is 0. The van der Waals surface area contributed by atoms with E-state index in [1.807, 2.05) is 32.4 Å². The maximum absolute atomic E-state index is 5.45. The van der Waals surface area contributed by atoms with Crippen LogP contribution in [0.15, 0.2) is 6.07 Å². The molecule has 0 radical (unpaired) electrons. The Hall–Kier alpha value is -0.870. The lowest BCUT2D eigenvalue weighted by molar-refractivity contribution is -0.0765. The van der Waals surface area contributed by atoms with Crippen LogP contribution < -0.4 is 5.48 Å². The molecule has 0 saturated carbocycles. The van der Waals surface area contributed by atoms with E-state index >= 15 is 0 Å². The van der Waals surface area contributed by atoms with Crippen molar-refractivity contribution in [3.8, 4) is 0 Å². The second-order valence-electron chi connectivity index (χ2n) is 4.63. The van der Waals surface area contributed by atoms with Crippen LogP contribution in [-0.2, 0) is 17.9 Å². The van der Waals surface area contributed by atoms with Crippen molar-refractivity contribution in [1.82, 2.24) is 15.3 Å². The number of hydrogen-bond donors (Lipinski definition) is 1. The molecule has 1 rings (SSSR count). The van der Waals surface area contributed by atoms with Crippen LogP contribution in [0.1, 0.15) is 39.1 Å². The van der Waals surface area contributed by atoms with Gasteiger partial charge in [0.2, 0.25) is 0 Å². The fourth-order valence-electron chi connectivity index (χ4n) is 1.34. The number of nitrogens with zero attached hydrogens (tertiary/aromatic N) is 2. The Morgan fingerprint density at radius 2 is 2.13 bits per heavy atom. The van der Waals surface area contributed by atoms with Crippen LogP contribution in [0.3, 0.4) is 0 Å². The minimum Gasteiger partial charge on any atom is -0.296 e. The molecular weight excluding hydrogens is 190 g/mol. The average molecular weight is 211 g/mol. The van der Waals surface area contributed by atoms with Crippen molar-refractivity contribution in [3.63, 3.8) is 0 Å². The molecular formula is C11H21N3O. The van der Waals surface area contributed by atoms with Crippen molar-refractivity contribution in [2.45, 2.75) is 53.3 Å². The highest BCUT2D eigenvalue weighted by molar-refractivity contribution is 5.08. The summed E-state index contributed by atoms with van der Waals surface area (Å²) in [6, 6.07) is 2.07. The summed E-state index contributed by atoms with van der Waals surface area (Å²) in [5.74, 6) is 0. The lowest BCUT2D eigenvalue weighted by atomic mass is 10.2. The van der Waals surface area contributed by atoms with Crippen LogP contribution in [0.5, 0.6) is 0 Å². The smallest absolute Gasteiger partial charge is 0.0813 e. The Kier molecular flexibility index (Phi) is 3.88. The Morgan fingerprint density at radius 1 is 1.47 bits per heavy atom. The van der Waals surface area contributed by atoms with E-state index in [1.165, 1.54) is 0 Å². The highest BCUT2D eigenvalue weighted by Crippen LogP contribution is 2.06. The first-order valence-electron chi connectivity index (χ1n) is 5.36. The van der Waals surface area contributed by atoms with Crippen molar-refractivity contribution in [1.29, 1.82) is 0 Å². The Labute approximate surface area is 91.6 Å². The summed E-state index contributed by atoms with van der Waals surface area (Å²) in [7, 11) is 0. The van der Waals surface area contributed by atoms with Gasteiger partial charge >= 0.3 is 0 Å². The number of aromatic nitrogens is 2. The van der Waals surface area contributed by atoms with Gasteiger partial charge in [-0.05, 0) is 40.7 Å². The summed E-state index contributed by atoms with van der Waals surface area (Å²) < 4.78 is 1.98. The standard InChI is InChI=1S/C11H21N3O/c1-6-14-10(7-9(2)13-14)8-12-15-11(3,4)5/h7,12H,6,8H2,1-5H3. The quantitative estimate of drug-likeness (QED) is 0.774. The minimum atomic E-state index is -0.161. The molecule has 86 valence electrons. The van der Waals surface area contributed by atoms with Crippen LogP contribution in [0, 0.1) is 6.92 Å². The van der Waals surface area contributed by atoms with E-state index in [1.54, 1.807) is 0 Å². The molecule has 0 aromatic carbocycles. The normalized spacial score (nSPS) is 12.1. The lowest BCUT2D eigenvalue weighted by Gasteiger charge is -2.19. The maximum Gasteiger partial charge on any atom is 0.0813 e. The van der Waals surface area contributed by atoms with Gasteiger partial charge in [0.1, 0.15) is 0 Å². The first-order valence-corrected chi connectivity index (χ1v) is 5.36. The SMILES string of the molecule is CCn1nc(C)cc1CNOC(C)(C)C. The highest BCUT2D eigenvalue weighted by atomic mass is 16.7. The third-order valence-corrected chi connectivity index (χ3v) is 1.92. The van der Waals surface area contributed by atoms with Gasteiger partial charge in [0.05, 0.1) is 23.5 Å². The first kappa shape index (κ1) is 12.2. The second-order valence-corrected chi connectivity index (χ2v) is 4.63. The summed E-state index contributed by atoms with van der Waals surface area (Å²) in [5.41, 5.74) is 5.01. The van der Waals surface area contributed by atoms with Gasteiger partial charge in [0.25, 0.3) is 0 Å². The Bertz CT molecular complexity index is 312. The number of aryl methyl sites for hydroxylation is 2. The number of hydrogen-bond acceptors (Lipinski definition) is 3.